The average molecular weight is 1250 g/mol. The number of amides is 10. The van der Waals surface area contributed by atoms with Crippen LogP contribution >= 0.6 is 7.60 Å². The number of hydrogen-bond acceptors (Lipinski definition) is 12. The third kappa shape index (κ3) is 18.5. The Morgan fingerprint density at radius 2 is 1.34 bits per heavy atom. The second-order valence-electron chi connectivity index (χ2n) is 23.4. The zero-order chi connectivity index (χ0) is 64.6. The zero-order valence-corrected chi connectivity index (χ0v) is 51.2. The SMILES string of the molecule is CCc1ccc(C(=O)NCCCC[C@H](NC(=O)[C@H](Cc2ccc(C(F)(F)P(=O)(O)O)cc2)NC(=O)[C@H](Cc2ccccc2)NC(=O)CO[C@H]2C[C@@H](C)CC[C@@H]2C(C)C)C(=O)NCCCCC(=O)Nc2cccc3c2C(=O)N(C2CCC(=O)NC2=O)C3=O)cc1. The normalized spacial score (nSPS) is 18.7. The Hall–Kier alpha value is -8.05. The number of nitrogens with one attached hydrogen (secondary N) is 7. The third-order valence-corrected chi connectivity index (χ3v) is 17.4. The number of carbonyl (C=O) groups excluding carboxylic acids is 10. The van der Waals surface area contributed by atoms with Crippen molar-refractivity contribution in [3.8, 4) is 0 Å². The van der Waals surface area contributed by atoms with E-state index in [0.29, 0.717) is 29.4 Å². The summed E-state index contributed by atoms with van der Waals surface area (Å²) in [6.07, 6.45) is 3.69. The fourth-order valence-corrected chi connectivity index (χ4v) is 11.8. The van der Waals surface area contributed by atoms with E-state index in [9.17, 15) is 71.1 Å². The van der Waals surface area contributed by atoms with E-state index in [-0.39, 0.29) is 111 Å². The van der Waals surface area contributed by atoms with E-state index < -0.39 is 103 Å². The lowest BCUT2D eigenvalue weighted by Crippen LogP contribution is -2.58. The lowest BCUT2D eigenvalue weighted by atomic mass is 9.75. The first kappa shape index (κ1) is 68.4. The van der Waals surface area contributed by atoms with E-state index in [1.54, 1.807) is 42.5 Å². The van der Waals surface area contributed by atoms with Crippen molar-refractivity contribution in [2.75, 3.05) is 25.0 Å². The number of alkyl halides is 2. The van der Waals surface area contributed by atoms with Crippen LogP contribution in [0.5, 0.6) is 0 Å². The molecule has 2 aliphatic heterocycles. The lowest BCUT2D eigenvalue weighted by Gasteiger charge is -2.37. The molecule has 4 aromatic rings. The molecule has 9 N–H and O–H groups in total. The number of benzene rings is 4. The molecule has 1 saturated carbocycles. The molecule has 2 fully saturated rings. The predicted molar refractivity (Wildman–Crippen MR) is 324 cm³/mol. The van der Waals surface area contributed by atoms with E-state index in [0.717, 1.165) is 60.4 Å². The highest BCUT2D eigenvalue weighted by atomic mass is 31.2. The van der Waals surface area contributed by atoms with Crippen molar-refractivity contribution < 1.29 is 75.8 Å². The smallest absolute Gasteiger partial charge is 0.368 e. The summed E-state index contributed by atoms with van der Waals surface area (Å²) in [5.74, 6) is -5.82. The summed E-state index contributed by atoms with van der Waals surface area (Å²) in [5.41, 5.74) is -3.35. The van der Waals surface area contributed by atoms with Crippen LogP contribution in [0.25, 0.3) is 0 Å². The van der Waals surface area contributed by atoms with Crippen molar-refractivity contribution in [3.05, 3.63) is 136 Å². The van der Waals surface area contributed by atoms with Crippen molar-refractivity contribution in [2.24, 2.45) is 17.8 Å². The molecule has 89 heavy (non-hydrogen) atoms. The van der Waals surface area contributed by atoms with Gasteiger partial charge in [0, 0.05) is 49.9 Å². The zero-order valence-electron chi connectivity index (χ0n) is 50.3. The van der Waals surface area contributed by atoms with Gasteiger partial charge in [0.15, 0.2) is 0 Å². The fourth-order valence-electron chi connectivity index (χ4n) is 11.3. The molecule has 478 valence electrons. The maximum atomic E-state index is 14.8. The van der Waals surface area contributed by atoms with Crippen molar-refractivity contribution in [3.63, 3.8) is 0 Å². The Bertz CT molecular complexity index is 3270. The van der Waals surface area contributed by atoms with Crippen LogP contribution in [-0.2, 0) is 67.8 Å². The van der Waals surface area contributed by atoms with E-state index in [2.05, 4.69) is 58.0 Å². The maximum Gasteiger partial charge on any atom is 0.399 e. The Labute approximate surface area is 515 Å². The summed E-state index contributed by atoms with van der Waals surface area (Å²) in [7, 11) is -5.96. The van der Waals surface area contributed by atoms with Crippen molar-refractivity contribution in [1.82, 2.24) is 36.8 Å². The highest BCUT2D eigenvalue weighted by Crippen LogP contribution is 2.59. The number of anilines is 1. The summed E-state index contributed by atoms with van der Waals surface area (Å²) in [6, 6.07) is 18.6. The number of fused-ring (bicyclic) bond motifs is 1. The minimum atomic E-state index is -5.96. The number of ether oxygens (including phenoxy) is 1. The first-order valence-electron chi connectivity index (χ1n) is 30.2. The van der Waals surface area contributed by atoms with E-state index in [1.165, 1.54) is 18.2 Å². The molecule has 7 atom stereocenters. The van der Waals surface area contributed by atoms with E-state index >= 15 is 0 Å². The molecule has 22 nitrogen and oxygen atoms in total. The molecule has 4 aromatic carbocycles. The first-order chi connectivity index (χ1) is 42.3. The first-order valence-corrected chi connectivity index (χ1v) is 31.8. The van der Waals surface area contributed by atoms with Crippen molar-refractivity contribution in [2.45, 2.75) is 154 Å². The van der Waals surface area contributed by atoms with Gasteiger partial charge in [-0.1, -0.05) is 107 Å². The quantitative estimate of drug-likeness (QED) is 0.0161. The number of halogens is 2. The Balaban J connectivity index is 1.06. The highest BCUT2D eigenvalue weighted by Gasteiger charge is 2.50. The monoisotopic (exact) mass is 1250 g/mol. The minimum absolute atomic E-state index is 0.00158. The number of imide groups is 2. The van der Waals surface area contributed by atoms with Crippen LogP contribution in [0.1, 0.15) is 152 Å². The summed E-state index contributed by atoms with van der Waals surface area (Å²) in [4.78, 5) is 155. The average Bonchev–Trinajstić information content (AvgIpc) is 1.66. The second-order valence-corrected chi connectivity index (χ2v) is 25.0. The van der Waals surface area contributed by atoms with Crippen LogP contribution in [0.3, 0.4) is 0 Å². The van der Waals surface area contributed by atoms with Crippen LogP contribution in [0.4, 0.5) is 14.5 Å². The minimum Gasteiger partial charge on any atom is -0.368 e. The van der Waals surface area contributed by atoms with Gasteiger partial charge in [-0.15, -0.1) is 0 Å². The number of hydrogen-bond donors (Lipinski definition) is 9. The topological polar surface area (TPSA) is 325 Å². The van der Waals surface area contributed by atoms with Gasteiger partial charge in [-0.2, -0.15) is 8.78 Å². The standard InChI is InChI=1S/C64H79F2N8O14P/c1-5-40-21-25-43(26-22-40)57(78)67-32-11-9-17-48(58(79)68-33-12-10-19-53(75)69-47-18-13-16-46-56(47)63(84)74(62(46)83)51-30-31-54(76)73-61(51)82)71-60(81)50(36-42-23-27-44(28-24-42)64(65,66)89(85,86)87)72-59(80)49(35-41-14-7-6-8-15-41)70-55(77)37-88-52-34-39(4)20-29-45(52)38(2)3/h6-8,13-16,18,21-28,38-39,45,48-52H,5,9-12,17,19-20,29-37H2,1-4H3,(H,67,78)(H,68,79)(H,69,75)(H,70,77)(H,71,81)(H,72,80)(H,73,76,82)(H2,85,86,87)/t39-,45+,48-,49-,50-,51?,52-/m0/s1. The van der Waals surface area contributed by atoms with Gasteiger partial charge in [0.05, 0.1) is 22.9 Å². The molecular weight excluding hydrogens is 1170 g/mol. The van der Waals surface area contributed by atoms with Crippen LogP contribution in [-0.4, -0.2) is 124 Å². The number of rotatable bonds is 30. The van der Waals surface area contributed by atoms with Crippen LogP contribution in [0.2, 0.25) is 0 Å². The predicted octanol–water partition coefficient (Wildman–Crippen LogP) is 6.12. The molecule has 1 saturated heterocycles. The Morgan fingerprint density at radius 1 is 0.708 bits per heavy atom. The summed E-state index contributed by atoms with van der Waals surface area (Å²) < 4.78 is 47.6. The van der Waals surface area contributed by atoms with Crippen LogP contribution in [0.15, 0.2) is 97.1 Å². The maximum absolute atomic E-state index is 14.8. The number of carbonyl (C=O) groups is 10. The highest BCUT2D eigenvalue weighted by molar-refractivity contribution is 7.52. The molecule has 2 heterocycles. The van der Waals surface area contributed by atoms with Crippen molar-refractivity contribution in [1.29, 1.82) is 0 Å². The molecule has 1 unspecified atom stereocenters. The Kier molecular flexibility index (Phi) is 24.2. The molecule has 10 amide bonds. The van der Waals surface area contributed by atoms with Gasteiger partial charge >= 0.3 is 13.3 Å². The van der Waals surface area contributed by atoms with Crippen LogP contribution in [0, 0.1) is 17.8 Å². The molecule has 25 heteroatoms. The molecule has 3 aliphatic rings. The molecule has 0 bridgehead atoms. The molecular formula is C64H79F2N8O14P. The number of aryl methyl sites for hydroxylation is 1. The summed E-state index contributed by atoms with van der Waals surface area (Å²) in [6.45, 7) is 8.16. The van der Waals surface area contributed by atoms with E-state index in [4.69, 9.17) is 4.74 Å². The van der Waals surface area contributed by atoms with Gasteiger partial charge < -0.3 is 46.4 Å². The van der Waals surface area contributed by atoms with Gasteiger partial charge in [-0.3, -0.25) is 62.7 Å². The van der Waals surface area contributed by atoms with E-state index in [1.807, 2.05) is 19.1 Å². The molecule has 0 aromatic heterocycles. The summed E-state index contributed by atoms with van der Waals surface area (Å²) >= 11 is 0. The molecule has 0 spiro atoms. The van der Waals surface area contributed by atoms with Gasteiger partial charge in [0.2, 0.25) is 41.4 Å². The number of piperidine rings is 1. The molecule has 7 rings (SSSR count). The molecule has 0 radical (unpaired) electrons. The van der Waals surface area contributed by atoms with Gasteiger partial charge in [-0.05, 0) is 116 Å². The van der Waals surface area contributed by atoms with Gasteiger partial charge in [-0.25, -0.2) is 0 Å². The Morgan fingerprint density at radius 3 is 1.99 bits per heavy atom. The largest absolute Gasteiger partial charge is 0.399 e. The van der Waals surface area contributed by atoms with Gasteiger partial charge in [0.25, 0.3) is 17.7 Å². The number of unbranched alkanes of at least 4 members (excludes halogenated alkanes) is 2. The van der Waals surface area contributed by atoms with Crippen molar-refractivity contribution >= 4 is 72.4 Å². The lowest BCUT2D eigenvalue weighted by molar-refractivity contribution is -0.136. The molecule has 1 aliphatic carbocycles. The van der Waals surface area contributed by atoms with Crippen LogP contribution < -0.4 is 37.2 Å². The van der Waals surface area contributed by atoms with Gasteiger partial charge in [0.1, 0.15) is 30.8 Å². The fraction of sp³-hybridized carbons (Fsp3) is 0.469. The third-order valence-electron chi connectivity index (χ3n) is 16.4. The number of nitrogens with zero attached hydrogens (tertiary/aromatic N) is 1. The summed E-state index contributed by atoms with van der Waals surface area (Å²) in [5, 5.41) is 18.7. The second kappa shape index (κ2) is 31.4.